The first-order valence-corrected chi connectivity index (χ1v) is 10.1. The van der Waals surface area contributed by atoms with Crippen LogP contribution in [0.15, 0.2) is 18.5 Å². The summed E-state index contributed by atoms with van der Waals surface area (Å²) in [5.41, 5.74) is 3.73. The standard InChI is InChI=1S/C20H25Cl2N5O/c1-5-7-27-12-23-18-17(24-20(22)25-19(18)27)14-11-16(13(2)10-15(14)21)28-9-6-8-26(3)4/h10-12H,5-9H2,1-4H3. The summed E-state index contributed by atoms with van der Waals surface area (Å²) >= 11 is 12.8. The van der Waals surface area contributed by atoms with Gasteiger partial charge in [-0.15, -0.1) is 0 Å². The smallest absolute Gasteiger partial charge is 0.225 e. The van der Waals surface area contributed by atoms with E-state index in [1.54, 1.807) is 6.33 Å². The lowest BCUT2D eigenvalue weighted by molar-refractivity contribution is 0.280. The van der Waals surface area contributed by atoms with E-state index in [0.29, 0.717) is 28.5 Å². The molecule has 0 unspecified atom stereocenters. The number of aryl methyl sites for hydroxylation is 2. The van der Waals surface area contributed by atoms with Gasteiger partial charge < -0.3 is 14.2 Å². The second-order valence-electron chi connectivity index (χ2n) is 7.05. The van der Waals surface area contributed by atoms with Gasteiger partial charge in [0, 0.05) is 18.7 Å². The molecule has 3 rings (SSSR count). The third-order valence-corrected chi connectivity index (χ3v) is 4.91. The van der Waals surface area contributed by atoms with Crippen LogP contribution < -0.4 is 4.74 Å². The molecule has 8 heteroatoms. The number of aromatic nitrogens is 4. The summed E-state index contributed by atoms with van der Waals surface area (Å²) in [6, 6.07) is 3.81. The van der Waals surface area contributed by atoms with E-state index in [-0.39, 0.29) is 5.28 Å². The van der Waals surface area contributed by atoms with Crippen LogP contribution >= 0.6 is 23.2 Å². The van der Waals surface area contributed by atoms with Crippen molar-refractivity contribution in [3.63, 3.8) is 0 Å². The van der Waals surface area contributed by atoms with Crippen LogP contribution in [0.3, 0.4) is 0 Å². The maximum Gasteiger partial charge on any atom is 0.225 e. The van der Waals surface area contributed by atoms with Gasteiger partial charge in [-0.05, 0) is 63.2 Å². The Labute approximate surface area is 175 Å². The second-order valence-corrected chi connectivity index (χ2v) is 7.80. The lowest BCUT2D eigenvalue weighted by atomic mass is 10.1. The lowest BCUT2D eigenvalue weighted by Gasteiger charge is -2.14. The molecule has 0 aliphatic carbocycles. The normalized spacial score (nSPS) is 11.5. The second kappa shape index (κ2) is 9.07. The van der Waals surface area contributed by atoms with Gasteiger partial charge >= 0.3 is 0 Å². The molecule has 2 heterocycles. The predicted molar refractivity (Wildman–Crippen MR) is 114 cm³/mol. The van der Waals surface area contributed by atoms with E-state index in [9.17, 15) is 0 Å². The molecule has 0 N–H and O–H groups in total. The molecule has 28 heavy (non-hydrogen) atoms. The number of rotatable bonds is 8. The van der Waals surface area contributed by atoms with Crippen molar-refractivity contribution >= 4 is 34.4 Å². The zero-order chi connectivity index (χ0) is 20.3. The van der Waals surface area contributed by atoms with Crippen molar-refractivity contribution in [2.75, 3.05) is 27.2 Å². The Kier molecular flexibility index (Phi) is 6.75. The molecule has 2 aromatic heterocycles. The summed E-state index contributed by atoms with van der Waals surface area (Å²) < 4.78 is 7.98. The molecule has 0 aliphatic heterocycles. The van der Waals surface area contributed by atoms with Crippen LogP contribution in [0.1, 0.15) is 25.3 Å². The van der Waals surface area contributed by atoms with Crippen molar-refractivity contribution in [3.8, 4) is 17.0 Å². The SMILES string of the molecule is CCCn1cnc2c(-c3cc(OCCCN(C)C)c(C)cc3Cl)nc(Cl)nc21. The van der Waals surface area contributed by atoms with E-state index in [0.717, 1.165) is 42.8 Å². The molecule has 6 nitrogen and oxygen atoms in total. The van der Waals surface area contributed by atoms with Crippen LogP contribution in [0.2, 0.25) is 10.3 Å². The van der Waals surface area contributed by atoms with Crippen LogP contribution in [-0.2, 0) is 6.54 Å². The van der Waals surface area contributed by atoms with Crippen LogP contribution in [-0.4, -0.2) is 51.7 Å². The highest BCUT2D eigenvalue weighted by molar-refractivity contribution is 6.34. The van der Waals surface area contributed by atoms with Gasteiger partial charge in [0.15, 0.2) is 5.65 Å². The topological polar surface area (TPSA) is 56.1 Å². The molecular weight excluding hydrogens is 397 g/mol. The van der Waals surface area contributed by atoms with Gasteiger partial charge in [0.05, 0.1) is 18.0 Å². The summed E-state index contributed by atoms with van der Waals surface area (Å²) in [6.07, 6.45) is 3.68. The maximum absolute atomic E-state index is 6.56. The number of halogens is 2. The molecule has 0 atom stereocenters. The van der Waals surface area contributed by atoms with Gasteiger partial charge in [-0.2, -0.15) is 4.98 Å². The predicted octanol–water partition coefficient (Wildman–Crippen LogP) is 4.85. The molecule has 150 valence electrons. The van der Waals surface area contributed by atoms with E-state index in [4.69, 9.17) is 27.9 Å². The molecule has 0 saturated heterocycles. The first-order chi connectivity index (χ1) is 13.4. The monoisotopic (exact) mass is 421 g/mol. The fraction of sp³-hybridized carbons (Fsp3) is 0.450. The Morgan fingerprint density at radius 3 is 2.68 bits per heavy atom. The highest BCUT2D eigenvalue weighted by Crippen LogP contribution is 2.36. The van der Waals surface area contributed by atoms with E-state index in [1.807, 2.05) is 37.7 Å². The van der Waals surface area contributed by atoms with Crippen molar-refractivity contribution in [3.05, 3.63) is 34.3 Å². The van der Waals surface area contributed by atoms with Gasteiger partial charge in [0.1, 0.15) is 17.0 Å². The molecule has 0 fully saturated rings. The Balaban J connectivity index is 2.00. The maximum atomic E-state index is 6.56. The van der Waals surface area contributed by atoms with Gasteiger partial charge in [-0.25, -0.2) is 9.97 Å². The molecule has 0 aliphatic rings. The number of hydrogen-bond acceptors (Lipinski definition) is 5. The average molecular weight is 422 g/mol. The third-order valence-electron chi connectivity index (χ3n) is 4.43. The first kappa shape index (κ1) is 20.8. The zero-order valence-electron chi connectivity index (χ0n) is 16.7. The summed E-state index contributed by atoms with van der Waals surface area (Å²) in [5, 5.41) is 0.754. The summed E-state index contributed by atoms with van der Waals surface area (Å²) in [5.74, 6) is 0.786. The molecule has 0 amide bonds. The number of fused-ring (bicyclic) bond motifs is 1. The fourth-order valence-electron chi connectivity index (χ4n) is 3.06. The van der Waals surface area contributed by atoms with E-state index >= 15 is 0 Å². The minimum absolute atomic E-state index is 0.172. The highest BCUT2D eigenvalue weighted by Gasteiger charge is 2.18. The van der Waals surface area contributed by atoms with Gasteiger partial charge in [0.2, 0.25) is 5.28 Å². The zero-order valence-corrected chi connectivity index (χ0v) is 18.2. The summed E-state index contributed by atoms with van der Waals surface area (Å²) in [6.45, 7) is 6.49. The van der Waals surface area contributed by atoms with Crippen LogP contribution in [0.25, 0.3) is 22.4 Å². The number of imidazole rings is 1. The van der Waals surface area contributed by atoms with E-state index < -0.39 is 0 Å². The third kappa shape index (κ3) is 4.57. The van der Waals surface area contributed by atoms with Gasteiger partial charge in [0.25, 0.3) is 0 Å². The van der Waals surface area contributed by atoms with Crippen LogP contribution in [0.4, 0.5) is 0 Å². The number of hydrogen-bond donors (Lipinski definition) is 0. The Morgan fingerprint density at radius 1 is 1.18 bits per heavy atom. The van der Waals surface area contributed by atoms with Crippen molar-refractivity contribution in [1.29, 1.82) is 0 Å². The van der Waals surface area contributed by atoms with Crippen molar-refractivity contribution in [2.24, 2.45) is 0 Å². The van der Waals surface area contributed by atoms with E-state index in [1.165, 1.54) is 0 Å². The minimum Gasteiger partial charge on any atom is -0.493 e. The first-order valence-electron chi connectivity index (χ1n) is 9.37. The Hall–Kier alpha value is -1.89. The molecule has 3 aromatic rings. The summed E-state index contributed by atoms with van der Waals surface area (Å²) in [4.78, 5) is 15.4. The van der Waals surface area contributed by atoms with Gasteiger partial charge in [-0.1, -0.05) is 18.5 Å². The highest BCUT2D eigenvalue weighted by atomic mass is 35.5. The number of nitrogens with zero attached hydrogens (tertiary/aromatic N) is 5. The van der Waals surface area contributed by atoms with Crippen molar-refractivity contribution in [1.82, 2.24) is 24.4 Å². The quantitative estimate of drug-likeness (QED) is 0.384. The Bertz CT molecular complexity index is 971. The van der Waals surface area contributed by atoms with Crippen LogP contribution in [0.5, 0.6) is 5.75 Å². The largest absolute Gasteiger partial charge is 0.493 e. The Morgan fingerprint density at radius 2 is 1.96 bits per heavy atom. The lowest BCUT2D eigenvalue weighted by Crippen LogP contribution is -2.15. The van der Waals surface area contributed by atoms with Crippen LogP contribution in [0, 0.1) is 6.92 Å². The number of ether oxygens (including phenoxy) is 1. The van der Waals surface area contributed by atoms with E-state index in [2.05, 4.69) is 26.8 Å². The summed E-state index contributed by atoms with van der Waals surface area (Å²) in [7, 11) is 4.10. The molecule has 0 saturated carbocycles. The fourth-order valence-corrected chi connectivity index (χ4v) is 3.54. The average Bonchev–Trinajstić information content (AvgIpc) is 3.02. The molecule has 0 spiro atoms. The van der Waals surface area contributed by atoms with Crippen molar-refractivity contribution in [2.45, 2.75) is 33.2 Å². The molecule has 1 aromatic carbocycles. The number of benzene rings is 1. The minimum atomic E-state index is 0.172. The molecule has 0 radical (unpaired) electrons. The molecule has 0 bridgehead atoms. The molecular formula is C20H25Cl2N5O. The van der Waals surface area contributed by atoms with Crippen molar-refractivity contribution < 1.29 is 4.74 Å². The van der Waals surface area contributed by atoms with Gasteiger partial charge in [-0.3, -0.25) is 0 Å².